The van der Waals surface area contributed by atoms with Gasteiger partial charge in [-0.15, -0.1) is 6.42 Å². The summed E-state index contributed by atoms with van der Waals surface area (Å²) in [6.45, 7) is 1.05. The number of pyridine rings is 1. The van der Waals surface area contributed by atoms with Gasteiger partial charge in [-0.2, -0.15) is 0 Å². The second-order valence-corrected chi connectivity index (χ2v) is 4.39. The molecule has 18 heavy (non-hydrogen) atoms. The van der Waals surface area contributed by atoms with Crippen LogP contribution in [0.5, 0.6) is 5.88 Å². The van der Waals surface area contributed by atoms with Crippen molar-refractivity contribution in [3.8, 4) is 18.2 Å². The molecule has 0 atom stereocenters. The summed E-state index contributed by atoms with van der Waals surface area (Å²) in [7, 11) is 1.51. The fourth-order valence-corrected chi connectivity index (χ4v) is 1.83. The lowest BCUT2D eigenvalue weighted by molar-refractivity contribution is 0.0765. The van der Waals surface area contributed by atoms with Gasteiger partial charge in [0.1, 0.15) is 5.56 Å². The summed E-state index contributed by atoms with van der Waals surface area (Å²) >= 11 is 0. The molecule has 0 aliphatic heterocycles. The first-order valence-corrected chi connectivity index (χ1v) is 5.98. The Morgan fingerprint density at radius 3 is 3.06 bits per heavy atom. The van der Waals surface area contributed by atoms with E-state index in [1.807, 2.05) is 0 Å². The van der Waals surface area contributed by atoms with Crippen molar-refractivity contribution in [1.29, 1.82) is 0 Å². The van der Waals surface area contributed by atoms with Crippen LogP contribution in [-0.4, -0.2) is 36.0 Å². The van der Waals surface area contributed by atoms with Crippen molar-refractivity contribution >= 4 is 5.91 Å². The summed E-state index contributed by atoms with van der Waals surface area (Å²) in [5, 5.41) is 0. The third-order valence-corrected chi connectivity index (χ3v) is 2.94. The summed E-state index contributed by atoms with van der Waals surface area (Å²) in [6, 6.07) is 3.44. The molecule has 1 amide bonds. The number of aromatic nitrogens is 1. The molecule has 0 unspecified atom stereocenters. The van der Waals surface area contributed by atoms with Gasteiger partial charge in [-0.3, -0.25) is 4.79 Å². The van der Waals surface area contributed by atoms with Crippen LogP contribution in [0.2, 0.25) is 0 Å². The predicted octanol–water partition coefficient (Wildman–Crippen LogP) is 1.58. The lowest BCUT2D eigenvalue weighted by Gasteiger charge is -2.20. The highest BCUT2D eigenvalue weighted by molar-refractivity contribution is 5.96. The summed E-state index contributed by atoms with van der Waals surface area (Å²) in [4.78, 5) is 18.1. The second-order valence-electron chi connectivity index (χ2n) is 4.39. The first-order chi connectivity index (χ1) is 8.76. The first kappa shape index (κ1) is 12.4. The minimum absolute atomic E-state index is 0.107. The number of carbonyl (C=O) groups excluding carboxylic acids is 1. The molecule has 0 bridgehead atoms. The molecule has 1 fully saturated rings. The van der Waals surface area contributed by atoms with E-state index in [0.29, 0.717) is 23.9 Å². The third kappa shape index (κ3) is 2.80. The number of hydrogen-bond acceptors (Lipinski definition) is 3. The topological polar surface area (TPSA) is 42.4 Å². The summed E-state index contributed by atoms with van der Waals surface area (Å²) < 4.78 is 5.11. The van der Waals surface area contributed by atoms with Crippen LogP contribution in [-0.2, 0) is 0 Å². The number of ether oxygens (including phenoxy) is 1. The molecule has 1 saturated carbocycles. The second kappa shape index (κ2) is 5.54. The van der Waals surface area contributed by atoms with Crippen LogP contribution in [0, 0.1) is 18.3 Å². The zero-order chi connectivity index (χ0) is 13.0. The van der Waals surface area contributed by atoms with Gasteiger partial charge in [0.2, 0.25) is 5.88 Å². The van der Waals surface area contributed by atoms with E-state index in [4.69, 9.17) is 11.2 Å². The van der Waals surface area contributed by atoms with E-state index in [9.17, 15) is 4.79 Å². The van der Waals surface area contributed by atoms with Crippen LogP contribution < -0.4 is 4.74 Å². The van der Waals surface area contributed by atoms with Gasteiger partial charge in [-0.1, -0.05) is 5.92 Å². The van der Waals surface area contributed by atoms with E-state index in [0.717, 1.165) is 6.54 Å². The van der Waals surface area contributed by atoms with Gasteiger partial charge in [0.25, 0.3) is 5.91 Å². The maximum atomic E-state index is 12.4. The van der Waals surface area contributed by atoms with Crippen LogP contribution in [0.3, 0.4) is 0 Å². The molecular formula is C14H16N2O2. The summed E-state index contributed by atoms with van der Waals surface area (Å²) in [5.74, 6) is 3.38. The number of hydrogen-bond donors (Lipinski definition) is 0. The van der Waals surface area contributed by atoms with Gasteiger partial charge in [0.15, 0.2) is 0 Å². The van der Waals surface area contributed by atoms with E-state index in [1.165, 1.54) is 20.0 Å². The Morgan fingerprint density at radius 2 is 2.44 bits per heavy atom. The van der Waals surface area contributed by atoms with Crippen molar-refractivity contribution in [1.82, 2.24) is 9.88 Å². The maximum absolute atomic E-state index is 12.4. The van der Waals surface area contributed by atoms with E-state index < -0.39 is 0 Å². The average molecular weight is 244 g/mol. The molecule has 1 heterocycles. The molecule has 1 aliphatic rings. The molecule has 1 aliphatic carbocycles. The van der Waals surface area contributed by atoms with Gasteiger partial charge in [-0.25, -0.2) is 4.98 Å². The molecule has 0 saturated heterocycles. The van der Waals surface area contributed by atoms with Gasteiger partial charge < -0.3 is 9.64 Å². The molecular weight excluding hydrogens is 228 g/mol. The van der Waals surface area contributed by atoms with Crippen molar-refractivity contribution in [3.05, 3.63) is 23.9 Å². The minimum atomic E-state index is -0.107. The molecule has 1 aromatic rings. The number of amides is 1. The molecule has 0 spiro atoms. The van der Waals surface area contributed by atoms with Crippen molar-refractivity contribution < 1.29 is 9.53 Å². The fourth-order valence-electron chi connectivity index (χ4n) is 1.83. The predicted molar refractivity (Wildman–Crippen MR) is 68.2 cm³/mol. The number of carbonyl (C=O) groups is 1. The van der Waals surface area contributed by atoms with Crippen LogP contribution >= 0.6 is 0 Å². The monoisotopic (exact) mass is 244 g/mol. The molecule has 94 valence electrons. The SMILES string of the molecule is C#CCN(CC1CC1)C(=O)c1cccnc1OC. The summed E-state index contributed by atoms with van der Waals surface area (Å²) in [5.41, 5.74) is 0.468. The third-order valence-electron chi connectivity index (χ3n) is 2.94. The van der Waals surface area contributed by atoms with Gasteiger partial charge in [0.05, 0.1) is 13.7 Å². The van der Waals surface area contributed by atoms with Gasteiger partial charge >= 0.3 is 0 Å². The highest BCUT2D eigenvalue weighted by atomic mass is 16.5. The lowest BCUT2D eigenvalue weighted by atomic mass is 10.2. The smallest absolute Gasteiger partial charge is 0.260 e. The highest BCUT2D eigenvalue weighted by Gasteiger charge is 2.28. The van der Waals surface area contributed by atoms with E-state index in [2.05, 4.69) is 10.9 Å². The standard InChI is InChI=1S/C14H16N2O2/c1-3-9-16(10-11-6-7-11)14(17)12-5-4-8-15-13(12)18-2/h1,4-5,8,11H,6-7,9-10H2,2H3. The lowest BCUT2D eigenvalue weighted by Crippen LogP contribution is -2.33. The van der Waals surface area contributed by atoms with Crippen molar-refractivity contribution in [2.75, 3.05) is 20.2 Å². The quantitative estimate of drug-likeness (QED) is 0.738. The number of terminal acetylenes is 1. The highest BCUT2D eigenvalue weighted by Crippen LogP contribution is 2.30. The molecule has 1 aromatic heterocycles. The molecule has 2 rings (SSSR count). The maximum Gasteiger partial charge on any atom is 0.260 e. The van der Waals surface area contributed by atoms with Crippen LogP contribution in [0.15, 0.2) is 18.3 Å². The van der Waals surface area contributed by atoms with Crippen molar-refractivity contribution in [2.24, 2.45) is 5.92 Å². The zero-order valence-corrected chi connectivity index (χ0v) is 10.4. The molecule has 0 radical (unpaired) electrons. The Bertz CT molecular complexity index is 475. The van der Waals surface area contributed by atoms with E-state index in [-0.39, 0.29) is 5.91 Å². The Morgan fingerprint density at radius 1 is 1.67 bits per heavy atom. The van der Waals surface area contributed by atoms with Gasteiger partial charge in [-0.05, 0) is 30.9 Å². The normalized spacial score (nSPS) is 13.8. The molecule has 4 nitrogen and oxygen atoms in total. The Balaban J connectivity index is 2.18. The van der Waals surface area contributed by atoms with Crippen LogP contribution in [0.4, 0.5) is 0 Å². The number of nitrogens with zero attached hydrogens (tertiary/aromatic N) is 2. The fraction of sp³-hybridized carbons (Fsp3) is 0.429. The minimum Gasteiger partial charge on any atom is -0.480 e. The van der Waals surface area contributed by atoms with Gasteiger partial charge in [0, 0.05) is 12.7 Å². The molecule has 0 N–H and O–H groups in total. The van der Waals surface area contributed by atoms with E-state index >= 15 is 0 Å². The van der Waals surface area contributed by atoms with Crippen LogP contribution in [0.25, 0.3) is 0 Å². The molecule has 4 heteroatoms. The van der Waals surface area contributed by atoms with Crippen LogP contribution in [0.1, 0.15) is 23.2 Å². The van der Waals surface area contributed by atoms with Crippen molar-refractivity contribution in [3.63, 3.8) is 0 Å². The Hall–Kier alpha value is -2.02. The summed E-state index contributed by atoms with van der Waals surface area (Å²) in [6.07, 6.45) is 9.28. The van der Waals surface area contributed by atoms with Crippen molar-refractivity contribution in [2.45, 2.75) is 12.8 Å². The largest absolute Gasteiger partial charge is 0.480 e. The Kier molecular flexibility index (Phi) is 3.83. The zero-order valence-electron chi connectivity index (χ0n) is 10.4. The average Bonchev–Trinajstić information content (AvgIpc) is 3.21. The Labute approximate surface area is 107 Å². The first-order valence-electron chi connectivity index (χ1n) is 5.98. The van der Waals surface area contributed by atoms with E-state index in [1.54, 1.807) is 23.2 Å². The molecule has 0 aromatic carbocycles. The number of methoxy groups -OCH3 is 1. The number of rotatable bonds is 5.